The van der Waals surface area contributed by atoms with E-state index in [0.29, 0.717) is 23.4 Å². The van der Waals surface area contributed by atoms with E-state index in [9.17, 15) is 18.0 Å². The highest BCUT2D eigenvalue weighted by atomic mass is 35.5. The van der Waals surface area contributed by atoms with Crippen molar-refractivity contribution in [2.24, 2.45) is 0 Å². The van der Waals surface area contributed by atoms with E-state index in [1.807, 2.05) is 48.5 Å². The second-order valence-electron chi connectivity index (χ2n) is 11.6. The predicted octanol–water partition coefficient (Wildman–Crippen LogP) is 7.94. The average molecular weight is 618 g/mol. The minimum absolute atomic E-state index is 0.398. The highest BCUT2D eigenvalue weighted by Gasteiger charge is 2.49. The summed E-state index contributed by atoms with van der Waals surface area (Å²) in [5, 5.41) is 2.66. The van der Waals surface area contributed by atoms with Crippen molar-refractivity contribution in [2.45, 2.75) is 30.9 Å². The number of nitrogens with zero attached hydrogens (tertiary/aromatic N) is 2. The molecule has 0 aromatic heterocycles. The van der Waals surface area contributed by atoms with Crippen LogP contribution in [0.2, 0.25) is 5.02 Å². The number of carbonyl (C=O) groups is 1. The molecule has 0 saturated carbocycles. The minimum Gasteiger partial charge on any atom is -0.369 e. The summed E-state index contributed by atoms with van der Waals surface area (Å²) in [5.41, 5.74) is 5.53. The van der Waals surface area contributed by atoms with Gasteiger partial charge in [0.2, 0.25) is 5.91 Å². The Bertz CT molecular complexity index is 1600. The average Bonchev–Trinajstić information content (AvgIpc) is 3.32. The molecular weight excluding hydrogens is 583 g/mol. The first-order valence-electron chi connectivity index (χ1n) is 15.1. The van der Waals surface area contributed by atoms with Crippen LogP contribution in [0.15, 0.2) is 97.1 Å². The van der Waals surface area contributed by atoms with Gasteiger partial charge in [-0.05, 0) is 77.0 Å². The zero-order chi connectivity index (χ0) is 30.7. The maximum absolute atomic E-state index is 13.7. The molecule has 2 aliphatic rings. The van der Waals surface area contributed by atoms with Gasteiger partial charge in [0.1, 0.15) is 12.0 Å². The van der Waals surface area contributed by atoms with Gasteiger partial charge in [0.15, 0.2) is 0 Å². The third-order valence-corrected chi connectivity index (χ3v) is 9.18. The van der Waals surface area contributed by atoms with Gasteiger partial charge in [0.05, 0.1) is 0 Å². The first-order chi connectivity index (χ1) is 21.2. The predicted molar refractivity (Wildman–Crippen MR) is 171 cm³/mol. The number of unbranched alkanes of at least 4 members (excludes halogenated alkanes) is 1. The van der Waals surface area contributed by atoms with Crippen LogP contribution in [0.1, 0.15) is 30.4 Å². The number of anilines is 1. The van der Waals surface area contributed by atoms with Gasteiger partial charge in [-0.15, -0.1) is 0 Å². The van der Waals surface area contributed by atoms with Crippen LogP contribution >= 0.6 is 11.6 Å². The first-order valence-corrected chi connectivity index (χ1v) is 15.5. The molecular formula is C36H35ClF3N3O. The first kappa shape index (κ1) is 30.2. The van der Waals surface area contributed by atoms with Gasteiger partial charge in [-0.25, -0.2) is 0 Å². The van der Waals surface area contributed by atoms with Crippen LogP contribution < -0.4 is 10.2 Å². The quantitative estimate of drug-likeness (QED) is 0.194. The van der Waals surface area contributed by atoms with Crippen molar-refractivity contribution in [3.05, 3.63) is 113 Å². The molecule has 1 saturated heterocycles. The molecule has 0 spiro atoms. The smallest absolute Gasteiger partial charge is 0.369 e. The van der Waals surface area contributed by atoms with Crippen LogP contribution in [0.4, 0.5) is 18.9 Å². The number of piperazine rings is 1. The fraction of sp³-hybridized carbons (Fsp3) is 0.306. The molecule has 1 heterocycles. The van der Waals surface area contributed by atoms with Crippen LogP contribution in [0, 0.1) is 0 Å². The van der Waals surface area contributed by atoms with Crippen LogP contribution in [-0.2, 0) is 10.2 Å². The van der Waals surface area contributed by atoms with Crippen molar-refractivity contribution < 1.29 is 18.0 Å². The normalized spacial score (nSPS) is 18.1. The summed E-state index contributed by atoms with van der Waals surface area (Å²) in [6.45, 7) is 3.20. The Labute approximate surface area is 261 Å². The highest BCUT2D eigenvalue weighted by molar-refractivity contribution is 6.31. The summed E-state index contributed by atoms with van der Waals surface area (Å²) < 4.78 is 39.5. The molecule has 1 N–H and O–H groups in total. The third-order valence-electron chi connectivity index (χ3n) is 8.94. The Morgan fingerprint density at radius 2 is 1.43 bits per heavy atom. The van der Waals surface area contributed by atoms with Crippen molar-refractivity contribution >= 4 is 23.2 Å². The topological polar surface area (TPSA) is 35.6 Å². The zero-order valence-corrected chi connectivity index (χ0v) is 25.2. The van der Waals surface area contributed by atoms with E-state index in [2.05, 4.69) is 51.5 Å². The highest BCUT2D eigenvalue weighted by Crippen LogP contribution is 2.52. The summed E-state index contributed by atoms with van der Waals surface area (Å²) in [4.78, 5) is 18.6. The van der Waals surface area contributed by atoms with E-state index in [1.54, 1.807) is 12.1 Å². The van der Waals surface area contributed by atoms with E-state index in [1.165, 1.54) is 16.8 Å². The van der Waals surface area contributed by atoms with Crippen molar-refractivity contribution in [3.8, 4) is 22.3 Å². The Kier molecular flexibility index (Phi) is 8.70. The standard InChI is InChI=1S/C36H35ClF3N3O/c37-28-14-17-31-30-10-4-5-11-32(30)35(33(31)24-28,34(44)41-25-36(38,39)40)18-6-7-19-42-20-22-43(23-21-42)29-15-12-27(13-16-29)26-8-2-1-3-9-26/h1-5,8-17,24H,6-7,18-23,25H2,(H,41,44). The molecule has 1 aliphatic carbocycles. The van der Waals surface area contributed by atoms with E-state index in [4.69, 9.17) is 11.6 Å². The van der Waals surface area contributed by atoms with Gasteiger partial charge in [0.25, 0.3) is 0 Å². The molecule has 4 nitrogen and oxygen atoms in total. The van der Waals surface area contributed by atoms with Crippen molar-refractivity contribution in [1.29, 1.82) is 0 Å². The fourth-order valence-electron chi connectivity index (χ4n) is 6.75. The molecule has 6 rings (SSSR count). The number of rotatable bonds is 9. The molecule has 44 heavy (non-hydrogen) atoms. The summed E-state index contributed by atoms with van der Waals surface area (Å²) in [6, 6.07) is 31.9. The van der Waals surface area contributed by atoms with Gasteiger partial charge in [-0.3, -0.25) is 9.69 Å². The molecule has 4 aromatic carbocycles. The maximum Gasteiger partial charge on any atom is 0.405 e. The van der Waals surface area contributed by atoms with E-state index in [0.717, 1.165) is 55.8 Å². The summed E-state index contributed by atoms with van der Waals surface area (Å²) in [6.07, 6.45) is -2.59. The second kappa shape index (κ2) is 12.7. The van der Waals surface area contributed by atoms with Gasteiger partial charge in [0, 0.05) is 36.9 Å². The van der Waals surface area contributed by atoms with Crippen LogP contribution in [-0.4, -0.2) is 56.3 Å². The van der Waals surface area contributed by atoms with Gasteiger partial charge in [-0.2, -0.15) is 13.2 Å². The van der Waals surface area contributed by atoms with E-state index in [-0.39, 0.29) is 0 Å². The minimum atomic E-state index is -4.50. The fourth-order valence-corrected chi connectivity index (χ4v) is 6.92. The maximum atomic E-state index is 13.7. The van der Waals surface area contributed by atoms with Gasteiger partial charge in [-0.1, -0.05) is 90.8 Å². The molecule has 1 atom stereocenters. The van der Waals surface area contributed by atoms with Crippen molar-refractivity contribution in [3.63, 3.8) is 0 Å². The SMILES string of the molecule is O=C(NCC(F)(F)F)C1(CCCCN2CCN(c3ccc(-c4ccccc4)cc3)CC2)c2ccccc2-c2ccc(Cl)cc21. The summed E-state index contributed by atoms with van der Waals surface area (Å²) >= 11 is 6.38. The Balaban J connectivity index is 1.10. The van der Waals surface area contributed by atoms with Crippen molar-refractivity contribution in [2.75, 3.05) is 44.2 Å². The monoisotopic (exact) mass is 617 g/mol. The molecule has 228 valence electrons. The van der Waals surface area contributed by atoms with E-state index >= 15 is 0 Å². The Morgan fingerprint density at radius 3 is 2.16 bits per heavy atom. The molecule has 1 aliphatic heterocycles. The lowest BCUT2D eigenvalue weighted by molar-refractivity contribution is -0.141. The number of halogens is 4. The lowest BCUT2D eigenvalue weighted by Crippen LogP contribution is -2.47. The number of benzene rings is 4. The zero-order valence-electron chi connectivity index (χ0n) is 24.4. The molecule has 1 unspecified atom stereocenters. The van der Waals surface area contributed by atoms with Crippen molar-refractivity contribution in [1.82, 2.24) is 10.2 Å². The number of carbonyl (C=O) groups excluding carboxylic acids is 1. The second-order valence-corrected chi connectivity index (χ2v) is 12.1. The van der Waals surface area contributed by atoms with Gasteiger partial charge >= 0.3 is 6.18 Å². The van der Waals surface area contributed by atoms with E-state index < -0.39 is 24.0 Å². The third kappa shape index (κ3) is 6.21. The molecule has 0 radical (unpaired) electrons. The molecule has 0 bridgehead atoms. The number of nitrogens with one attached hydrogen (secondary N) is 1. The Morgan fingerprint density at radius 1 is 0.773 bits per heavy atom. The number of fused-ring (bicyclic) bond motifs is 3. The Hall–Kier alpha value is -3.81. The molecule has 1 amide bonds. The largest absolute Gasteiger partial charge is 0.405 e. The van der Waals surface area contributed by atoms with Crippen LogP contribution in [0.25, 0.3) is 22.3 Å². The number of hydrogen-bond acceptors (Lipinski definition) is 3. The number of alkyl halides is 3. The summed E-state index contributed by atoms with van der Waals surface area (Å²) in [5.74, 6) is -0.629. The van der Waals surface area contributed by atoms with Crippen LogP contribution in [0.5, 0.6) is 0 Å². The summed E-state index contributed by atoms with van der Waals surface area (Å²) in [7, 11) is 0. The lowest BCUT2D eigenvalue weighted by atomic mass is 9.73. The van der Waals surface area contributed by atoms with Crippen LogP contribution in [0.3, 0.4) is 0 Å². The van der Waals surface area contributed by atoms with Gasteiger partial charge < -0.3 is 10.2 Å². The number of amides is 1. The molecule has 4 aromatic rings. The molecule has 1 fully saturated rings. The number of hydrogen-bond donors (Lipinski definition) is 1. The lowest BCUT2D eigenvalue weighted by Gasteiger charge is -2.36. The molecule has 8 heteroatoms.